The predicted octanol–water partition coefficient (Wildman–Crippen LogP) is 2.68. The van der Waals surface area contributed by atoms with Crippen molar-refractivity contribution in [3.63, 3.8) is 0 Å². The highest BCUT2D eigenvalue weighted by atomic mass is 16.8. The molecule has 4 atom stereocenters. The van der Waals surface area contributed by atoms with Crippen LogP contribution in [0.15, 0.2) is 43.0 Å². The molecule has 3 rings (SSSR count). The lowest BCUT2D eigenvalue weighted by Crippen LogP contribution is -2.32. The van der Waals surface area contributed by atoms with Crippen LogP contribution in [-0.2, 0) is 25.6 Å². The van der Waals surface area contributed by atoms with Crippen LogP contribution in [-0.4, -0.2) is 36.8 Å². The summed E-state index contributed by atoms with van der Waals surface area (Å²) in [7, 11) is 0. The van der Waals surface area contributed by atoms with Crippen LogP contribution in [0.1, 0.15) is 19.4 Å². The Labute approximate surface area is 125 Å². The molecule has 2 aliphatic heterocycles. The molecule has 0 radical (unpaired) electrons. The fourth-order valence-corrected chi connectivity index (χ4v) is 2.91. The van der Waals surface area contributed by atoms with E-state index in [2.05, 4.69) is 6.58 Å². The molecular formula is C17H22O4. The van der Waals surface area contributed by atoms with Gasteiger partial charge in [-0.15, -0.1) is 6.58 Å². The molecule has 4 heteroatoms. The van der Waals surface area contributed by atoms with E-state index < -0.39 is 5.79 Å². The summed E-state index contributed by atoms with van der Waals surface area (Å²) in [5.41, 5.74) is 1.15. The molecule has 0 unspecified atom stereocenters. The van der Waals surface area contributed by atoms with Crippen LogP contribution in [0.25, 0.3) is 0 Å². The minimum Gasteiger partial charge on any atom is -0.374 e. The predicted molar refractivity (Wildman–Crippen MR) is 78.8 cm³/mol. The third-order valence-electron chi connectivity index (χ3n) is 3.81. The maximum absolute atomic E-state index is 5.95. The fraction of sp³-hybridized carbons (Fsp3) is 0.529. The Balaban J connectivity index is 1.57. The van der Waals surface area contributed by atoms with Gasteiger partial charge in [-0.05, 0) is 19.4 Å². The third kappa shape index (κ3) is 3.19. The Hall–Kier alpha value is -1.20. The molecule has 0 bridgehead atoms. The first kappa shape index (κ1) is 14.7. The molecule has 0 amide bonds. The highest BCUT2D eigenvalue weighted by Gasteiger charge is 2.54. The van der Waals surface area contributed by atoms with Crippen molar-refractivity contribution in [2.24, 2.45) is 0 Å². The molecule has 0 saturated carbocycles. The second kappa shape index (κ2) is 5.89. The van der Waals surface area contributed by atoms with Gasteiger partial charge in [0.25, 0.3) is 0 Å². The first-order chi connectivity index (χ1) is 10.1. The topological polar surface area (TPSA) is 36.9 Å². The van der Waals surface area contributed by atoms with E-state index in [0.717, 1.165) is 5.56 Å². The molecule has 1 aromatic rings. The summed E-state index contributed by atoms with van der Waals surface area (Å²) in [6.45, 7) is 8.72. The van der Waals surface area contributed by atoms with Gasteiger partial charge in [-0.2, -0.15) is 0 Å². The van der Waals surface area contributed by atoms with Gasteiger partial charge in [0, 0.05) is 0 Å². The molecule has 0 aliphatic carbocycles. The summed E-state index contributed by atoms with van der Waals surface area (Å²) < 4.78 is 23.5. The van der Waals surface area contributed by atoms with Crippen LogP contribution in [0, 0.1) is 0 Å². The normalized spacial score (nSPS) is 33.8. The van der Waals surface area contributed by atoms with Gasteiger partial charge < -0.3 is 18.9 Å². The summed E-state index contributed by atoms with van der Waals surface area (Å²) in [4.78, 5) is 0. The zero-order valence-electron chi connectivity index (χ0n) is 12.5. The van der Waals surface area contributed by atoms with Gasteiger partial charge in [0.15, 0.2) is 5.79 Å². The number of rotatable bonds is 5. The van der Waals surface area contributed by atoms with E-state index in [4.69, 9.17) is 18.9 Å². The largest absolute Gasteiger partial charge is 0.374 e. The van der Waals surface area contributed by atoms with Crippen LogP contribution in [0.4, 0.5) is 0 Å². The zero-order chi connectivity index (χ0) is 14.9. The zero-order valence-corrected chi connectivity index (χ0v) is 12.5. The molecular weight excluding hydrogens is 268 g/mol. The molecule has 0 aromatic heterocycles. The van der Waals surface area contributed by atoms with Crippen molar-refractivity contribution >= 4 is 0 Å². The Bertz CT molecular complexity index is 485. The molecule has 2 saturated heterocycles. The molecule has 4 nitrogen and oxygen atoms in total. The lowest BCUT2D eigenvalue weighted by molar-refractivity contribution is -0.187. The van der Waals surface area contributed by atoms with Gasteiger partial charge in [0.2, 0.25) is 0 Å². The maximum atomic E-state index is 5.95. The summed E-state index contributed by atoms with van der Waals surface area (Å²) in [5.74, 6) is -0.571. The van der Waals surface area contributed by atoms with E-state index in [1.165, 1.54) is 0 Å². The van der Waals surface area contributed by atoms with E-state index in [0.29, 0.717) is 13.2 Å². The second-order valence-electron chi connectivity index (χ2n) is 5.94. The van der Waals surface area contributed by atoms with Gasteiger partial charge in [-0.3, -0.25) is 0 Å². The maximum Gasteiger partial charge on any atom is 0.164 e. The lowest BCUT2D eigenvalue weighted by atomic mass is 10.1. The first-order valence-electron chi connectivity index (χ1n) is 7.34. The van der Waals surface area contributed by atoms with Gasteiger partial charge in [-0.1, -0.05) is 36.4 Å². The number of fused-ring (bicyclic) bond motifs is 1. The Morgan fingerprint density at radius 3 is 2.62 bits per heavy atom. The van der Waals surface area contributed by atoms with Gasteiger partial charge >= 0.3 is 0 Å². The molecule has 2 fully saturated rings. The van der Waals surface area contributed by atoms with Crippen molar-refractivity contribution < 1.29 is 18.9 Å². The van der Waals surface area contributed by atoms with Crippen LogP contribution in [0.5, 0.6) is 0 Å². The van der Waals surface area contributed by atoms with E-state index in [-0.39, 0.29) is 24.4 Å². The van der Waals surface area contributed by atoms with E-state index >= 15 is 0 Å². The van der Waals surface area contributed by atoms with E-state index in [1.807, 2.05) is 44.2 Å². The second-order valence-corrected chi connectivity index (χ2v) is 5.94. The Kier molecular flexibility index (Phi) is 4.13. The highest BCUT2D eigenvalue weighted by molar-refractivity contribution is 5.13. The van der Waals surface area contributed by atoms with Crippen molar-refractivity contribution in [3.8, 4) is 0 Å². The number of ether oxygens (including phenoxy) is 4. The standard InChI is InChI=1S/C17H22O4/c1-4-13-15-16(21-17(2,3)20-15)14(19-13)11-18-10-12-8-6-5-7-9-12/h4-9,13-16H,1,10-11H2,2-3H3/t13-,14-,15+,16-/m1/s1. The number of benzene rings is 1. The third-order valence-corrected chi connectivity index (χ3v) is 3.81. The van der Waals surface area contributed by atoms with Crippen molar-refractivity contribution in [1.29, 1.82) is 0 Å². The van der Waals surface area contributed by atoms with Crippen molar-refractivity contribution in [1.82, 2.24) is 0 Å². The quantitative estimate of drug-likeness (QED) is 0.781. The summed E-state index contributed by atoms with van der Waals surface area (Å²) in [6.07, 6.45) is 1.33. The first-order valence-corrected chi connectivity index (χ1v) is 7.34. The van der Waals surface area contributed by atoms with Crippen molar-refractivity contribution in [3.05, 3.63) is 48.6 Å². The lowest BCUT2D eigenvalue weighted by Gasteiger charge is -2.23. The molecule has 21 heavy (non-hydrogen) atoms. The van der Waals surface area contributed by atoms with Crippen LogP contribution < -0.4 is 0 Å². The van der Waals surface area contributed by atoms with Gasteiger partial charge in [0.1, 0.15) is 24.4 Å². The highest BCUT2D eigenvalue weighted by Crippen LogP contribution is 2.39. The summed E-state index contributed by atoms with van der Waals surface area (Å²) in [6, 6.07) is 10.1. The minimum absolute atomic E-state index is 0.0946. The van der Waals surface area contributed by atoms with Gasteiger partial charge in [0.05, 0.1) is 13.2 Å². The van der Waals surface area contributed by atoms with Gasteiger partial charge in [-0.25, -0.2) is 0 Å². The molecule has 2 aliphatic rings. The average Bonchev–Trinajstić information content (AvgIpc) is 2.94. The van der Waals surface area contributed by atoms with Crippen LogP contribution in [0.3, 0.4) is 0 Å². The molecule has 114 valence electrons. The van der Waals surface area contributed by atoms with E-state index in [9.17, 15) is 0 Å². The number of hydrogen-bond acceptors (Lipinski definition) is 4. The summed E-state index contributed by atoms with van der Waals surface area (Å²) >= 11 is 0. The minimum atomic E-state index is -0.571. The smallest absolute Gasteiger partial charge is 0.164 e. The van der Waals surface area contributed by atoms with Crippen LogP contribution >= 0.6 is 0 Å². The SMILES string of the molecule is C=C[C@H]1O[C@H](COCc2ccccc2)[C@H]2OC(C)(C)O[C@H]21. The monoisotopic (exact) mass is 290 g/mol. The molecule has 2 heterocycles. The average molecular weight is 290 g/mol. The summed E-state index contributed by atoms with van der Waals surface area (Å²) in [5, 5.41) is 0. The van der Waals surface area contributed by atoms with Crippen molar-refractivity contribution in [2.75, 3.05) is 6.61 Å². The Morgan fingerprint density at radius 1 is 1.19 bits per heavy atom. The Morgan fingerprint density at radius 2 is 1.90 bits per heavy atom. The number of hydrogen-bond donors (Lipinski definition) is 0. The van der Waals surface area contributed by atoms with Crippen LogP contribution in [0.2, 0.25) is 0 Å². The van der Waals surface area contributed by atoms with Crippen molar-refractivity contribution in [2.45, 2.75) is 50.7 Å². The fourth-order valence-electron chi connectivity index (χ4n) is 2.91. The molecule has 0 N–H and O–H groups in total. The molecule has 1 aromatic carbocycles. The molecule has 0 spiro atoms. The van der Waals surface area contributed by atoms with E-state index in [1.54, 1.807) is 6.08 Å².